The lowest BCUT2D eigenvalue weighted by molar-refractivity contribution is 0.415. The molecule has 0 aliphatic heterocycles. The van der Waals surface area contributed by atoms with E-state index in [1.165, 1.54) is 0 Å². The molecule has 0 N–H and O–H groups in total. The number of allylic oxidation sites excluding steroid dienone is 2. The highest BCUT2D eigenvalue weighted by molar-refractivity contribution is 6.04. The van der Waals surface area contributed by atoms with Crippen LogP contribution in [-0.4, -0.2) is 7.11 Å². The Hall–Kier alpha value is -2.42. The summed E-state index contributed by atoms with van der Waals surface area (Å²) in [6.45, 7) is 3.80. The van der Waals surface area contributed by atoms with Crippen LogP contribution in [0.15, 0.2) is 67.3 Å². The van der Waals surface area contributed by atoms with Crippen LogP contribution in [0.2, 0.25) is 0 Å². The van der Waals surface area contributed by atoms with Crippen LogP contribution in [0.5, 0.6) is 5.75 Å². The van der Waals surface area contributed by atoms with Gasteiger partial charge in [0.1, 0.15) is 5.75 Å². The molecule has 0 aliphatic rings. The number of hydrogen-bond donors (Lipinski definition) is 0. The molecule has 0 aliphatic carbocycles. The molecule has 102 valence electrons. The van der Waals surface area contributed by atoms with Crippen LogP contribution in [0.3, 0.4) is 0 Å². The maximum absolute atomic E-state index is 13.3. The van der Waals surface area contributed by atoms with E-state index >= 15 is 0 Å². The van der Waals surface area contributed by atoms with Gasteiger partial charge >= 0.3 is 0 Å². The Labute approximate surface area is 116 Å². The van der Waals surface area contributed by atoms with Crippen molar-refractivity contribution >= 4 is 11.1 Å². The quantitative estimate of drug-likeness (QED) is 0.710. The fourth-order valence-corrected chi connectivity index (χ4v) is 1.94. The molecular formula is C17H14F2O. The molecule has 20 heavy (non-hydrogen) atoms. The number of ether oxygens (including phenoxy) is 1. The molecule has 0 aromatic heterocycles. The van der Waals surface area contributed by atoms with E-state index in [4.69, 9.17) is 4.74 Å². The van der Waals surface area contributed by atoms with Crippen LogP contribution in [0.1, 0.15) is 11.1 Å². The first-order chi connectivity index (χ1) is 9.63. The second kappa shape index (κ2) is 6.15. The molecule has 0 unspecified atom stereocenters. The zero-order valence-electron chi connectivity index (χ0n) is 11.1. The van der Waals surface area contributed by atoms with E-state index in [2.05, 4.69) is 6.58 Å². The van der Waals surface area contributed by atoms with Crippen molar-refractivity contribution in [3.05, 3.63) is 78.4 Å². The zero-order chi connectivity index (χ0) is 14.5. The Morgan fingerprint density at radius 1 is 0.900 bits per heavy atom. The first kappa shape index (κ1) is 14.0. The number of methoxy groups -OCH3 is 1. The smallest absolute Gasteiger partial charge is 0.278 e. The lowest BCUT2D eigenvalue weighted by Crippen LogP contribution is -1.91. The highest BCUT2D eigenvalue weighted by Crippen LogP contribution is 2.34. The number of halogens is 2. The van der Waals surface area contributed by atoms with E-state index in [1.54, 1.807) is 61.7 Å². The van der Waals surface area contributed by atoms with Crippen molar-refractivity contribution in [3.63, 3.8) is 0 Å². The van der Waals surface area contributed by atoms with Crippen molar-refractivity contribution < 1.29 is 13.5 Å². The maximum Gasteiger partial charge on any atom is 0.278 e. The second-order valence-electron chi connectivity index (χ2n) is 4.21. The van der Waals surface area contributed by atoms with Crippen molar-refractivity contribution in [1.29, 1.82) is 0 Å². The fraction of sp³-hybridized carbons (Fsp3) is 0.0588. The molecule has 0 amide bonds. The monoisotopic (exact) mass is 272 g/mol. The van der Waals surface area contributed by atoms with Gasteiger partial charge in [0.05, 0.1) is 12.7 Å². The van der Waals surface area contributed by atoms with Crippen molar-refractivity contribution in [3.8, 4) is 5.75 Å². The van der Waals surface area contributed by atoms with Crippen LogP contribution in [-0.2, 0) is 0 Å². The van der Waals surface area contributed by atoms with Gasteiger partial charge in [0.25, 0.3) is 6.08 Å². The summed E-state index contributed by atoms with van der Waals surface area (Å²) in [6.07, 6.45) is -1.74. The van der Waals surface area contributed by atoms with Gasteiger partial charge in [0, 0.05) is 0 Å². The Morgan fingerprint density at radius 3 is 2.00 bits per heavy atom. The number of benzene rings is 2. The van der Waals surface area contributed by atoms with E-state index in [0.29, 0.717) is 22.4 Å². The molecule has 0 saturated heterocycles. The van der Waals surface area contributed by atoms with Crippen LogP contribution in [0, 0.1) is 0 Å². The van der Waals surface area contributed by atoms with Gasteiger partial charge < -0.3 is 4.74 Å². The minimum absolute atomic E-state index is 0.129. The average Bonchev–Trinajstić information content (AvgIpc) is 2.48. The molecule has 0 fully saturated rings. The first-order valence-corrected chi connectivity index (χ1v) is 6.08. The van der Waals surface area contributed by atoms with Crippen LogP contribution >= 0.6 is 0 Å². The normalized spacial score (nSPS) is 9.95. The molecule has 3 heteroatoms. The van der Waals surface area contributed by atoms with Crippen molar-refractivity contribution in [2.75, 3.05) is 7.11 Å². The second-order valence-corrected chi connectivity index (χ2v) is 4.21. The van der Waals surface area contributed by atoms with Gasteiger partial charge in [-0.25, -0.2) is 0 Å². The first-order valence-electron chi connectivity index (χ1n) is 6.08. The highest BCUT2D eigenvalue weighted by atomic mass is 19.3. The summed E-state index contributed by atoms with van der Waals surface area (Å²) in [6, 6.07) is 15.4. The lowest BCUT2D eigenvalue weighted by Gasteiger charge is -2.11. The molecule has 2 aromatic rings. The predicted molar refractivity (Wildman–Crippen MR) is 77.6 cm³/mol. The third-order valence-corrected chi connectivity index (χ3v) is 2.99. The maximum atomic E-state index is 13.3. The summed E-state index contributed by atoms with van der Waals surface area (Å²) in [4.78, 5) is 0. The molecule has 0 spiro atoms. The van der Waals surface area contributed by atoms with Gasteiger partial charge in [-0.3, -0.25) is 0 Å². The molecular weight excluding hydrogens is 258 g/mol. The largest absolute Gasteiger partial charge is 0.497 e. The molecule has 0 atom stereocenters. The van der Waals surface area contributed by atoms with E-state index in [-0.39, 0.29) is 5.57 Å². The van der Waals surface area contributed by atoms with Crippen LogP contribution < -0.4 is 4.74 Å². The van der Waals surface area contributed by atoms with Crippen molar-refractivity contribution in [1.82, 2.24) is 0 Å². The predicted octanol–water partition coefficient (Wildman–Crippen LogP) is 5.02. The van der Waals surface area contributed by atoms with Gasteiger partial charge in [-0.15, -0.1) is 0 Å². The summed E-state index contributed by atoms with van der Waals surface area (Å²) in [5.74, 6) is 0.674. The fourth-order valence-electron chi connectivity index (χ4n) is 1.94. The molecule has 0 heterocycles. The van der Waals surface area contributed by atoms with Gasteiger partial charge in [-0.1, -0.05) is 49.0 Å². The van der Waals surface area contributed by atoms with E-state index < -0.39 is 6.08 Å². The molecule has 0 radical (unpaired) electrons. The zero-order valence-corrected chi connectivity index (χ0v) is 11.1. The SMILES string of the molecule is C=C(C(=C(F)F)c1ccccc1)c1ccc(OC)cc1. The van der Waals surface area contributed by atoms with E-state index in [0.717, 1.165) is 0 Å². The minimum Gasteiger partial charge on any atom is -0.497 e. The summed E-state index contributed by atoms with van der Waals surface area (Å²) in [5.41, 5.74) is 1.25. The topological polar surface area (TPSA) is 9.23 Å². The molecule has 2 rings (SSSR count). The van der Waals surface area contributed by atoms with Gasteiger partial charge in [-0.05, 0) is 28.8 Å². The molecule has 0 bridgehead atoms. The van der Waals surface area contributed by atoms with Gasteiger partial charge in [0.2, 0.25) is 0 Å². The summed E-state index contributed by atoms with van der Waals surface area (Å²) >= 11 is 0. The Morgan fingerprint density at radius 2 is 1.50 bits per heavy atom. The van der Waals surface area contributed by atoms with Crippen LogP contribution in [0.25, 0.3) is 11.1 Å². The Balaban J connectivity index is 2.40. The van der Waals surface area contributed by atoms with E-state index in [9.17, 15) is 8.78 Å². The van der Waals surface area contributed by atoms with Crippen LogP contribution in [0.4, 0.5) is 8.78 Å². The molecule has 2 aromatic carbocycles. The highest BCUT2D eigenvalue weighted by Gasteiger charge is 2.14. The summed E-state index contributed by atoms with van der Waals surface area (Å²) < 4.78 is 31.6. The van der Waals surface area contributed by atoms with Crippen molar-refractivity contribution in [2.45, 2.75) is 0 Å². The minimum atomic E-state index is -1.74. The number of hydrogen-bond acceptors (Lipinski definition) is 1. The summed E-state index contributed by atoms with van der Waals surface area (Å²) in [7, 11) is 1.56. The van der Waals surface area contributed by atoms with E-state index in [1.807, 2.05) is 0 Å². The lowest BCUT2D eigenvalue weighted by atomic mass is 9.94. The standard InChI is InChI=1S/C17H14F2O/c1-12(13-8-10-15(20-2)11-9-13)16(17(18)19)14-6-4-3-5-7-14/h3-11H,1H2,2H3. The third-order valence-electron chi connectivity index (χ3n) is 2.99. The molecule has 0 saturated carbocycles. The van der Waals surface area contributed by atoms with Gasteiger partial charge in [-0.2, -0.15) is 8.78 Å². The van der Waals surface area contributed by atoms with Crippen molar-refractivity contribution in [2.24, 2.45) is 0 Å². The van der Waals surface area contributed by atoms with Gasteiger partial charge in [0.15, 0.2) is 0 Å². The third kappa shape index (κ3) is 2.94. The number of rotatable bonds is 4. The molecule has 1 nitrogen and oxygen atoms in total. The Bertz CT molecular complexity index is 624. The Kier molecular flexibility index (Phi) is 4.31. The average molecular weight is 272 g/mol. The summed E-state index contributed by atoms with van der Waals surface area (Å²) in [5, 5.41) is 0.